The lowest BCUT2D eigenvalue weighted by Crippen LogP contribution is -2.17. The van der Waals surface area contributed by atoms with Crippen molar-refractivity contribution >= 4 is 15.9 Å². The molecule has 104 valence electrons. The van der Waals surface area contributed by atoms with Crippen LogP contribution in [-0.2, 0) is 13.6 Å². The molecule has 19 heavy (non-hydrogen) atoms. The molecule has 0 aliphatic rings. The molecule has 2 aromatic heterocycles. The van der Waals surface area contributed by atoms with Gasteiger partial charge in [-0.3, -0.25) is 4.68 Å². The lowest BCUT2D eigenvalue weighted by molar-refractivity contribution is 0.595. The lowest BCUT2D eigenvalue weighted by Gasteiger charge is -2.10. The van der Waals surface area contributed by atoms with Gasteiger partial charge in [-0.15, -0.1) is 0 Å². The third-order valence-electron chi connectivity index (χ3n) is 3.38. The molecule has 0 fully saturated rings. The minimum atomic E-state index is 0.392. The first-order chi connectivity index (χ1) is 9.02. The second kappa shape index (κ2) is 5.92. The third-order valence-corrected chi connectivity index (χ3v) is 4.41. The van der Waals surface area contributed by atoms with Crippen molar-refractivity contribution in [2.75, 3.05) is 6.54 Å². The third kappa shape index (κ3) is 3.09. The quantitative estimate of drug-likeness (QED) is 0.917. The predicted molar refractivity (Wildman–Crippen MR) is 81.3 cm³/mol. The first kappa shape index (κ1) is 14.3. The highest BCUT2D eigenvalue weighted by molar-refractivity contribution is 9.10. The SMILES string of the molecule is CCNC(C)c1ccn(Cc2c(Br)c(C)nn2C)c1. The van der Waals surface area contributed by atoms with E-state index in [1.54, 1.807) is 0 Å². The van der Waals surface area contributed by atoms with E-state index < -0.39 is 0 Å². The molecule has 0 saturated heterocycles. The van der Waals surface area contributed by atoms with Gasteiger partial charge in [-0.2, -0.15) is 5.10 Å². The molecule has 1 unspecified atom stereocenters. The number of halogens is 1. The number of rotatable bonds is 5. The fourth-order valence-corrected chi connectivity index (χ4v) is 2.72. The molecule has 2 rings (SSSR count). The van der Waals surface area contributed by atoms with Gasteiger partial charge in [0.2, 0.25) is 0 Å². The van der Waals surface area contributed by atoms with E-state index in [4.69, 9.17) is 0 Å². The van der Waals surface area contributed by atoms with E-state index in [1.165, 1.54) is 11.3 Å². The van der Waals surface area contributed by atoms with Crippen LogP contribution in [0.25, 0.3) is 0 Å². The monoisotopic (exact) mass is 324 g/mol. The van der Waals surface area contributed by atoms with Crippen molar-refractivity contribution in [1.82, 2.24) is 19.7 Å². The maximum atomic E-state index is 4.42. The summed E-state index contributed by atoms with van der Waals surface area (Å²) >= 11 is 3.61. The summed E-state index contributed by atoms with van der Waals surface area (Å²) in [7, 11) is 1.98. The van der Waals surface area contributed by atoms with Crippen LogP contribution in [0.5, 0.6) is 0 Å². The van der Waals surface area contributed by atoms with E-state index in [9.17, 15) is 0 Å². The summed E-state index contributed by atoms with van der Waals surface area (Å²) in [5.41, 5.74) is 3.54. The minimum Gasteiger partial charge on any atom is -0.348 e. The maximum absolute atomic E-state index is 4.42. The molecule has 0 aliphatic carbocycles. The second-order valence-corrected chi connectivity index (χ2v) is 5.66. The summed E-state index contributed by atoms with van der Waals surface area (Å²) in [4.78, 5) is 0. The maximum Gasteiger partial charge on any atom is 0.0739 e. The molecule has 1 N–H and O–H groups in total. The molecule has 0 radical (unpaired) electrons. The summed E-state index contributed by atoms with van der Waals surface area (Å²) in [6, 6.07) is 2.56. The van der Waals surface area contributed by atoms with Gasteiger partial charge < -0.3 is 9.88 Å². The van der Waals surface area contributed by atoms with Crippen LogP contribution in [0, 0.1) is 6.92 Å². The van der Waals surface area contributed by atoms with Crippen molar-refractivity contribution in [2.45, 2.75) is 33.4 Å². The van der Waals surface area contributed by atoms with Crippen LogP contribution in [0.4, 0.5) is 0 Å². The van der Waals surface area contributed by atoms with Gasteiger partial charge in [0.15, 0.2) is 0 Å². The Labute approximate surface area is 122 Å². The van der Waals surface area contributed by atoms with E-state index in [0.717, 1.165) is 23.3 Å². The Hall–Kier alpha value is -1.07. The lowest BCUT2D eigenvalue weighted by atomic mass is 10.2. The highest BCUT2D eigenvalue weighted by Crippen LogP contribution is 2.22. The van der Waals surface area contributed by atoms with Crippen LogP contribution in [0.3, 0.4) is 0 Å². The van der Waals surface area contributed by atoms with E-state index in [-0.39, 0.29) is 0 Å². The topological polar surface area (TPSA) is 34.8 Å². The number of aryl methyl sites for hydroxylation is 2. The summed E-state index contributed by atoms with van der Waals surface area (Å²) in [6.07, 6.45) is 4.32. The van der Waals surface area contributed by atoms with Crippen molar-refractivity contribution in [3.63, 3.8) is 0 Å². The van der Waals surface area contributed by atoms with Gasteiger partial charge in [-0.1, -0.05) is 6.92 Å². The Balaban J connectivity index is 2.16. The molecule has 0 amide bonds. The highest BCUT2D eigenvalue weighted by atomic mass is 79.9. The van der Waals surface area contributed by atoms with Crippen LogP contribution >= 0.6 is 15.9 Å². The van der Waals surface area contributed by atoms with Gasteiger partial charge >= 0.3 is 0 Å². The van der Waals surface area contributed by atoms with Crippen molar-refractivity contribution in [3.8, 4) is 0 Å². The standard InChI is InChI=1S/C14H21BrN4/c1-5-16-10(2)12-6-7-19(8-12)9-13-14(15)11(3)17-18(13)4/h6-8,10,16H,5,9H2,1-4H3. The molecule has 5 heteroatoms. The molecule has 0 saturated carbocycles. The van der Waals surface area contributed by atoms with Gasteiger partial charge in [0, 0.05) is 25.5 Å². The molecule has 0 aliphatic heterocycles. The van der Waals surface area contributed by atoms with Crippen LogP contribution in [0.2, 0.25) is 0 Å². The van der Waals surface area contributed by atoms with Crippen molar-refractivity contribution in [1.29, 1.82) is 0 Å². The van der Waals surface area contributed by atoms with Crippen molar-refractivity contribution < 1.29 is 0 Å². The van der Waals surface area contributed by atoms with Crippen molar-refractivity contribution in [2.24, 2.45) is 7.05 Å². The van der Waals surface area contributed by atoms with Crippen LogP contribution in [0.1, 0.15) is 36.8 Å². The zero-order valence-electron chi connectivity index (χ0n) is 11.9. The van der Waals surface area contributed by atoms with Gasteiger partial charge in [-0.05, 0) is 48.0 Å². The molecule has 0 aromatic carbocycles. The van der Waals surface area contributed by atoms with Gasteiger partial charge in [-0.25, -0.2) is 0 Å². The summed E-state index contributed by atoms with van der Waals surface area (Å²) < 4.78 is 5.24. The number of hydrogen-bond acceptors (Lipinski definition) is 2. The Morgan fingerprint density at radius 3 is 2.79 bits per heavy atom. The molecule has 2 aromatic rings. The van der Waals surface area contributed by atoms with E-state index in [2.05, 4.69) is 63.2 Å². The summed E-state index contributed by atoms with van der Waals surface area (Å²) in [6.45, 7) is 8.15. The van der Waals surface area contributed by atoms with Crippen LogP contribution in [-0.4, -0.2) is 20.9 Å². The smallest absolute Gasteiger partial charge is 0.0739 e. The molecule has 4 nitrogen and oxygen atoms in total. The van der Waals surface area contributed by atoms with E-state index >= 15 is 0 Å². The molecular formula is C14H21BrN4. The Morgan fingerprint density at radius 2 is 2.21 bits per heavy atom. The number of nitrogens with one attached hydrogen (secondary N) is 1. The molecule has 0 bridgehead atoms. The highest BCUT2D eigenvalue weighted by Gasteiger charge is 2.12. The Kier molecular flexibility index (Phi) is 4.47. The zero-order valence-corrected chi connectivity index (χ0v) is 13.5. The van der Waals surface area contributed by atoms with Gasteiger partial charge in [0.1, 0.15) is 0 Å². The molecule has 1 atom stereocenters. The second-order valence-electron chi connectivity index (χ2n) is 4.87. The molecule has 0 spiro atoms. The first-order valence-electron chi connectivity index (χ1n) is 6.60. The Morgan fingerprint density at radius 1 is 1.47 bits per heavy atom. The fraction of sp³-hybridized carbons (Fsp3) is 0.500. The van der Waals surface area contributed by atoms with Crippen molar-refractivity contribution in [3.05, 3.63) is 39.9 Å². The van der Waals surface area contributed by atoms with E-state index in [0.29, 0.717) is 6.04 Å². The zero-order chi connectivity index (χ0) is 14.0. The number of aromatic nitrogens is 3. The fourth-order valence-electron chi connectivity index (χ4n) is 2.26. The first-order valence-corrected chi connectivity index (χ1v) is 7.39. The van der Waals surface area contributed by atoms with E-state index in [1.807, 2.05) is 18.7 Å². The Bertz CT molecular complexity index is 556. The summed E-state index contributed by atoms with van der Waals surface area (Å²) in [5.74, 6) is 0. The minimum absolute atomic E-state index is 0.392. The number of nitrogens with zero attached hydrogens (tertiary/aromatic N) is 3. The molecular weight excluding hydrogens is 304 g/mol. The van der Waals surface area contributed by atoms with Gasteiger partial charge in [0.25, 0.3) is 0 Å². The average molecular weight is 325 g/mol. The van der Waals surface area contributed by atoms with Gasteiger partial charge in [0.05, 0.1) is 22.4 Å². The predicted octanol–water partition coefficient (Wildman–Crippen LogP) is 3.01. The largest absolute Gasteiger partial charge is 0.348 e. The number of hydrogen-bond donors (Lipinski definition) is 1. The van der Waals surface area contributed by atoms with Crippen LogP contribution in [0.15, 0.2) is 22.9 Å². The average Bonchev–Trinajstić information content (AvgIpc) is 2.91. The van der Waals surface area contributed by atoms with Crippen LogP contribution < -0.4 is 5.32 Å². The summed E-state index contributed by atoms with van der Waals surface area (Å²) in [5, 5.41) is 7.85. The normalized spacial score (nSPS) is 12.9. The molecule has 2 heterocycles.